The third-order valence-electron chi connectivity index (χ3n) is 6.07. The molecule has 4 N–H and O–H groups in total. The Hall–Kier alpha value is -0.750. The minimum Gasteiger partial charge on any atom is -0.388 e. The Morgan fingerprint density at radius 1 is 0.950 bits per heavy atom. The van der Waals surface area contributed by atoms with Gasteiger partial charge in [-0.2, -0.15) is 0 Å². The SMILES string of the molecule is CC1(C)[C@H](O)C2=C(C(=O)[C@@](C)(O)C3(CC3)[C@]2(C)O)[C@@H]1O. The maximum absolute atomic E-state index is 12.6. The van der Waals surface area contributed by atoms with Crippen LogP contribution in [0.3, 0.4) is 0 Å². The second-order valence-corrected chi connectivity index (χ2v) is 7.51. The zero-order valence-corrected chi connectivity index (χ0v) is 12.3. The number of aliphatic hydroxyl groups is 4. The Bertz CT molecular complexity index is 536. The topological polar surface area (TPSA) is 98.0 Å². The van der Waals surface area contributed by atoms with E-state index in [-0.39, 0.29) is 11.1 Å². The van der Waals surface area contributed by atoms with E-state index >= 15 is 0 Å². The van der Waals surface area contributed by atoms with E-state index in [1.807, 2.05) is 0 Å². The smallest absolute Gasteiger partial charge is 0.193 e. The lowest BCUT2D eigenvalue weighted by Crippen LogP contribution is -2.61. The second-order valence-electron chi connectivity index (χ2n) is 7.51. The molecule has 0 saturated heterocycles. The zero-order chi connectivity index (χ0) is 15.3. The Morgan fingerprint density at radius 2 is 1.45 bits per heavy atom. The molecule has 0 aromatic carbocycles. The van der Waals surface area contributed by atoms with Crippen LogP contribution in [-0.4, -0.2) is 49.6 Å². The van der Waals surface area contributed by atoms with Crippen LogP contribution in [0.15, 0.2) is 11.1 Å². The molecule has 1 spiro atoms. The van der Waals surface area contributed by atoms with Gasteiger partial charge in [-0.15, -0.1) is 0 Å². The van der Waals surface area contributed by atoms with Crippen LogP contribution in [-0.2, 0) is 4.79 Å². The van der Waals surface area contributed by atoms with Crippen LogP contribution in [0.1, 0.15) is 40.5 Å². The third kappa shape index (κ3) is 1.18. The highest BCUT2D eigenvalue weighted by atomic mass is 16.3. The highest BCUT2D eigenvalue weighted by Gasteiger charge is 2.76. The van der Waals surface area contributed by atoms with E-state index in [4.69, 9.17) is 0 Å². The molecule has 3 aliphatic carbocycles. The summed E-state index contributed by atoms with van der Waals surface area (Å²) in [6, 6.07) is 0. The summed E-state index contributed by atoms with van der Waals surface area (Å²) in [5, 5.41) is 42.5. The molecule has 3 rings (SSSR count). The largest absolute Gasteiger partial charge is 0.388 e. The zero-order valence-electron chi connectivity index (χ0n) is 12.3. The first kappa shape index (κ1) is 14.2. The van der Waals surface area contributed by atoms with Gasteiger partial charge in [-0.3, -0.25) is 4.79 Å². The predicted octanol–water partition coefficient (Wildman–Crippen LogP) is -0.0905. The van der Waals surface area contributed by atoms with E-state index < -0.39 is 40.0 Å². The van der Waals surface area contributed by atoms with Crippen molar-refractivity contribution >= 4 is 5.78 Å². The molecular weight excluding hydrogens is 260 g/mol. The lowest BCUT2D eigenvalue weighted by Gasteiger charge is -2.48. The molecule has 1 fully saturated rings. The van der Waals surface area contributed by atoms with Gasteiger partial charge in [-0.05, 0) is 26.7 Å². The molecule has 3 aliphatic rings. The van der Waals surface area contributed by atoms with Gasteiger partial charge in [0.15, 0.2) is 5.78 Å². The van der Waals surface area contributed by atoms with Crippen LogP contribution in [0.5, 0.6) is 0 Å². The molecule has 0 amide bonds. The average Bonchev–Trinajstić information content (AvgIpc) is 3.10. The number of rotatable bonds is 0. The first-order valence-electron chi connectivity index (χ1n) is 7.03. The number of carbonyl (C=O) groups excluding carboxylic acids is 1. The van der Waals surface area contributed by atoms with Crippen LogP contribution < -0.4 is 0 Å². The van der Waals surface area contributed by atoms with E-state index in [1.54, 1.807) is 13.8 Å². The van der Waals surface area contributed by atoms with Crippen molar-refractivity contribution in [1.82, 2.24) is 0 Å². The van der Waals surface area contributed by atoms with Crippen molar-refractivity contribution in [3.05, 3.63) is 11.1 Å². The minimum absolute atomic E-state index is 0.00461. The van der Waals surface area contributed by atoms with Gasteiger partial charge in [0, 0.05) is 22.0 Å². The molecule has 0 radical (unpaired) electrons. The van der Waals surface area contributed by atoms with E-state index in [0.29, 0.717) is 12.8 Å². The summed E-state index contributed by atoms with van der Waals surface area (Å²) in [6.07, 6.45) is -1.23. The molecular formula is C15H22O5. The van der Waals surface area contributed by atoms with Crippen molar-refractivity contribution in [2.75, 3.05) is 0 Å². The first-order valence-corrected chi connectivity index (χ1v) is 7.03. The number of hydrogen-bond acceptors (Lipinski definition) is 5. The quantitative estimate of drug-likeness (QED) is 0.498. The van der Waals surface area contributed by atoms with Crippen LogP contribution in [0, 0.1) is 10.8 Å². The summed E-state index contributed by atoms with van der Waals surface area (Å²) < 4.78 is 0. The van der Waals surface area contributed by atoms with Gasteiger partial charge < -0.3 is 20.4 Å². The predicted molar refractivity (Wildman–Crippen MR) is 70.7 cm³/mol. The summed E-state index contributed by atoms with van der Waals surface area (Å²) in [7, 11) is 0. The number of hydrogen-bond donors (Lipinski definition) is 4. The van der Waals surface area contributed by atoms with Gasteiger partial charge in [0.1, 0.15) is 5.60 Å². The summed E-state index contributed by atoms with van der Waals surface area (Å²) in [5.74, 6) is -0.561. The summed E-state index contributed by atoms with van der Waals surface area (Å²) >= 11 is 0. The summed E-state index contributed by atoms with van der Waals surface area (Å²) in [5.41, 5.74) is -4.92. The number of carbonyl (C=O) groups is 1. The van der Waals surface area contributed by atoms with E-state index in [9.17, 15) is 25.2 Å². The molecule has 4 atom stereocenters. The normalized spacial score (nSPS) is 48.7. The highest BCUT2D eigenvalue weighted by Crippen LogP contribution is 2.68. The van der Waals surface area contributed by atoms with E-state index in [1.165, 1.54) is 13.8 Å². The van der Waals surface area contributed by atoms with E-state index in [2.05, 4.69) is 0 Å². The Kier molecular flexibility index (Phi) is 2.38. The van der Waals surface area contributed by atoms with Gasteiger partial charge >= 0.3 is 0 Å². The van der Waals surface area contributed by atoms with Gasteiger partial charge in [0.2, 0.25) is 0 Å². The van der Waals surface area contributed by atoms with Gasteiger partial charge in [-0.25, -0.2) is 0 Å². The van der Waals surface area contributed by atoms with Crippen molar-refractivity contribution in [1.29, 1.82) is 0 Å². The fourth-order valence-electron chi connectivity index (χ4n) is 4.27. The van der Waals surface area contributed by atoms with Gasteiger partial charge in [-0.1, -0.05) is 13.8 Å². The van der Waals surface area contributed by atoms with E-state index in [0.717, 1.165) is 0 Å². The lowest BCUT2D eigenvalue weighted by atomic mass is 9.61. The van der Waals surface area contributed by atoms with Crippen LogP contribution in [0.25, 0.3) is 0 Å². The molecule has 0 bridgehead atoms. The molecule has 0 aromatic rings. The molecule has 0 heterocycles. The van der Waals surface area contributed by atoms with Crippen LogP contribution in [0.2, 0.25) is 0 Å². The van der Waals surface area contributed by atoms with Crippen molar-refractivity contribution in [2.24, 2.45) is 10.8 Å². The molecule has 1 saturated carbocycles. The fraction of sp³-hybridized carbons (Fsp3) is 0.800. The van der Waals surface area contributed by atoms with Crippen LogP contribution >= 0.6 is 0 Å². The third-order valence-corrected chi connectivity index (χ3v) is 6.07. The molecule has 5 heteroatoms. The van der Waals surface area contributed by atoms with Crippen molar-refractivity contribution in [3.8, 4) is 0 Å². The van der Waals surface area contributed by atoms with Gasteiger partial charge in [0.05, 0.1) is 17.8 Å². The minimum atomic E-state index is -1.71. The summed E-state index contributed by atoms with van der Waals surface area (Å²) in [6.45, 7) is 6.25. The number of aliphatic hydroxyl groups excluding tert-OH is 2. The maximum atomic E-state index is 12.6. The monoisotopic (exact) mass is 282 g/mol. The van der Waals surface area contributed by atoms with Crippen molar-refractivity contribution in [3.63, 3.8) is 0 Å². The highest BCUT2D eigenvalue weighted by molar-refractivity contribution is 6.06. The first-order chi connectivity index (χ1) is 8.93. The molecule has 20 heavy (non-hydrogen) atoms. The molecule has 0 aromatic heterocycles. The molecule has 5 nitrogen and oxygen atoms in total. The fourth-order valence-corrected chi connectivity index (χ4v) is 4.27. The standard InChI is InChI=1S/C15H22O5/c1-12(2)9(16)7-8(11(12)18)13(3,19)15(5-6-15)14(4,20)10(7)17/h9,11,16,18-20H,5-6H2,1-4H3/t9-,11+,13+,14+/m0/s1. The second kappa shape index (κ2) is 3.35. The number of Topliss-reactive ketones (excluding diaryl/α,β-unsaturated/α-hetero) is 1. The molecule has 0 aliphatic heterocycles. The van der Waals surface area contributed by atoms with Gasteiger partial charge in [0.25, 0.3) is 0 Å². The number of ketones is 1. The average molecular weight is 282 g/mol. The Balaban J connectivity index is 2.28. The van der Waals surface area contributed by atoms with Crippen molar-refractivity contribution in [2.45, 2.75) is 63.9 Å². The Morgan fingerprint density at radius 3 is 1.90 bits per heavy atom. The maximum Gasteiger partial charge on any atom is 0.193 e. The molecule has 0 unspecified atom stereocenters. The lowest BCUT2D eigenvalue weighted by molar-refractivity contribution is -0.160. The summed E-state index contributed by atoms with van der Waals surface area (Å²) in [4.78, 5) is 12.6. The molecule has 112 valence electrons. The Labute approximate surface area is 117 Å². The van der Waals surface area contributed by atoms with Crippen LogP contribution in [0.4, 0.5) is 0 Å². The van der Waals surface area contributed by atoms with Crippen molar-refractivity contribution < 1.29 is 25.2 Å².